The van der Waals surface area contributed by atoms with E-state index in [2.05, 4.69) is 31.6 Å². The summed E-state index contributed by atoms with van der Waals surface area (Å²) in [6, 6.07) is 13.2. The molecule has 1 aliphatic heterocycles. The van der Waals surface area contributed by atoms with Crippen molar-refractivity contribution in [1.29, 1.82) is 0 Å². The van der Waals surface area contributed by atoms with Gasteiger partial charge in [0, 0.05) is 11.3 Å². The van der Waals surface area contributed by atoms with Crippen LogP contribution in [0.3, 0.4) is 0 Å². The topological polar surface area (TPSA) is 163 Å². The molecule has 1 aliphatic carbocycles. The second-order valence-corrected chi connectivity index (χ2v) is 10.5. The Hall–Kier alpha value is -4.84. The molecule has 2 aromatic carbocycles. The van der Waals surface area contributed by atoms with Crippen molar-refractivity contribution >= 4 is 35.0 Å². The fourth-order valence-corrected chi connectivity index (χ4v) is 5.15. The Balaban J connectivity index is 1.38. The monoisotopic (exact) mass is 571 g/mol. The summed E-state index contributed by atoms with van der Waals surface area (Å²) in [4.78, 5) is 67.6. The summed E-state index contributed by atoms with van der Waals surface area (Å²) in [5.41, 5.74) is 2.55. The molecular weight excluding hydrogens is 538 g/mol. The lowest BCUT2D eigenvalue weighted by Crippen LogP contribution is -2.55. The maximum absolute atomic E-state index is 13.5. The summed E-state index contributed by atoms with van der Waals surface area (Å²) in [5.74, 6) is -0.926. The summed E-state index contributed by atoms with van der Waals surface area (Å²) in [5, 5.41) is 14.0. The minimum atomic E-state index is -0.548. The first kappa shape index (κ1) is 28.7. The summed E-state index contributed by atoms with van der Waals surface area (Å²) < 4.78 is 1.26. The molecule has 12 nitrogen and oxygen atoms in total. The number of likely N-dealkylation sites (N-methyl/N-ethyl adjacent to an activating group) is 1. The van der Waals surface area contributed by atoms with Crippen molar-refractivity contribution in [3.05, 3.63) is 76.2 Å². The number of hydrogen-bond donors (Lipinski definition) is 5. The molecule has 5 N–H and O–H groups in total. The lowest BCUT2D eigenvalue weighted by atomic mass is 9.86. The first-order valence-corrected chi connectivity index (χ1v) is 13.9. The highest BCUT2D eigenvalue weighted by Crippen LogP contribution is 2.34. The molecule has 12 heteroatoms. The Morgan fingerprint density at radius 3 is 2.52 bits per heavy atom. The van der Waals surface area contributed by atoms with Gasteiger partial charge in [0.2, 0.25) is 23.6 Å². The highest BCUT2D eigenvalue weighted by atomic mass is 16.2. The van der Waals surface area contributed by atoms with Crippen LogP contribution in [0, 0.1) is 0 Å². The van der Waals surface area contributed by atoms with Crippen molar-refractivity contribution in [3.8, 4) is 11.4 Å². The standard InChI is InChI=1S/C30H33N7O5/c1-17(31-2)28(40)36-24-15-32-27(18-8-4-3-5-9-18)37(30(24)42)16-26(39)33-21-12-6-11-20-19(21)10-7-13-22(20)35-29(41)23-14-25(38)34-23/h3-5,7-10,13,15,17,21,23,31H,6,11-12,14,16H2,1-2H3,(H,33,39)(H,34,38)(H,35,41)(H,36,40). The molecule has 3 atom stereocenters. The van der Waals surface area contributed by atoms with E-state index in [4.69, 9.17) is 0 Å². The van der Waals surface area contributed by atoms with Gasteiger partial charge in [-0.25, -0.2) is 4.98 Å². The van der Waals surface area contributed by atoms with Gasteiger partial charge >= 0.3 is 0 Å². The van der Waals surface area contributed by atoms with Crippen molar-refractivity contribution in [2.24, 2.45) is 0 Å². The maximum Gasteiger partial charge on any atom is 0.278 e. The quantitative estimate of drug-likeness (QED) is 0.243. The Morgan fingerprint density at radius 2 is 1.81 bits per heavy atom. The molecule has 1 saturated heterocycles. The smallest absolute Gasteiger partial charge is 0.278 e. The summed E-state index contributed by atoms with van der Waals surface area (Å²) in [7, 11) is 1.64. The molecule has 0 saturated carbocycles. The predicted molar refractivity (Wildman–Crippen MR) is 157 cm³/mol. The minimum Gasteiger partial charge on any atom is -0.348 e. The summed E-state index contributed by atoms with van der Waals surface area (Å²) in [6.45, 7) is 1.35. The lowest BCUT2D eigenvalue weighted by molar-refractivity contribution is -0.134. The van der Waals surface area contributed by atoms with Crippen LogP contribution in [-0.4, -0.2) is 52.3 Å². The van der Waals surface area contributed by atoms with Crippen LogP contribution in [0.15, 0.2) is 59.5 Å². The van der Waals surface area contributed by atoms with Gasteiger partial charge in [0.05, 0.1) is 24.7 Å². The maximum atomic E-state index is 13.5. The van der Waals surface area contributed by atoms with Crippen LogP contribution >= 0.6 is 0 Å². The van der Waals surface area contributed by atoms with Gasteiger partial charge < -0.3 is 26.6 Å². The molecule has 1 fully saturated rings. The third-order valence-electron chi connectivity index (χ3n) is 7.61. The third-order valence-corrected chi connectivity index (χ3v) is 7.61. The number of β-lactam (4-membered cyclic amide) rings is 1. The second-order valence-electron chi connectivity index (χ2n) is 10.5. The van der Waals surface area contributed by atoms with Crippen LogP contribution in [-0.2, 0) is 32.1 Å². The van der Waals surface area contributed by atoms with Gasteiger partial charge in [-0.15, -0.1) is 0 Å². The molecule has 218 valence electrons. The Bertz CT molecular complexity index is 1580. The van der Waals surface area contributed by atoms with E-state index >= 15 is 0 Å². The normalized spacial score (nSPS) is 18.1. The van der Waals surface area contributed by atoms with Gasteiger partial charge in [-0.3, -0.25) is 28.5 Å². The van der Waals surface area contributed by atoms with E-state index in [9.17, 15) is 24.0 Å². The number of amides is 4. The average Bonchev–Trinajstić information content (AvgIpc) is 2.98. The van der Waals surface area contributed by atoms with Gasteiger partial charge in [0.1, 0.15) is 24.1 Å². The molecule has 0 radical (unpaired) electrons. The van der Waals surface area contributed by atoms with Crippen LogP contribution in [0.4, 0.5) is 11.4 Å². The molecular formula is C30H33N7O5. The van der Waals surface area contributed by atoms with Gasteiger partial charge in [-0.2, -0.15) is 0 Å². The van der Waals surface area contributed by atoms with Crippen molar-refractivity contribution < 1.29 is 19.2 Å². The summed E-state index contributed by atoms with van der Waals surface area (Å²) in [6.07, 6.45) is 3.67. The summed E-state index contributed by atoms with van der Waals surface area (Å²) >= 11 is 0. The zero-order valence-electron chi connectivity index (χ0n) is 23.4. The van der Waals surface area contributed by atoms with E-state index in [-0.39, 0.29) is 36.5 Å². The number of hydrogen-bond acceptors (Lipinski definition) is 7. The SMILES string of the molecule is CNC(C)C(=O)Nc1cnc(-c2ccccc2)n(CC(=O)NC2CCCc3c(NC(=O)C4CC(=O)N4)cccc32)c1=O. The van der Waals surface area contributed by atoms with Crippen molar-refractivity contribution in [1.82, 2.24) is 25.5 Å². The largest absolute Gasteiger partial charge is 0.348 e. The first-order valence-electron chi connectivity index (χ1n) is 13.9. The number of benzene rings is 2. The number of carbonyl (C=O) groups is 4. The molecule has 0 bridgehead atoms. The lowest BCUT2D eigenvalue weighted by Gasteiger charge is -2.30. The highest BCUT2D eigenvalue weighted by Gasteiger charge is 2.33. The number of nitrogens with zero attached hydrogens (tertiary/aromatic N) is 2. The van der Waals surface area contributed by atoms with E-state index < -0.39 is 29.5 Å². The van der Waals surface area contributed by atoms with Gasteiger partial charge in [-0.05, 0) is 50.4 Å². The Kier molecular flexibility index (Phi) is 8.43. The van der Waals surface area contributed by atoms with Crippen LogP contribution in [0.1, 0.15) is 43.4 Å². The first-order chi connectivity index (χ1) is 20.2. The van der Waals surface area contributed by atoms with E-state index in [1.165, 1.54) is 10.8 Å². The molecule has 0 spiro atoms. The van der Waals surface area contributed by atoms with E-state index in [1.807, 2.05) is 36.4 Å². The zero-order chi connectivity index (χ0) is 29.8. The van der Waals surface area contributed by atoms with E-state index in [1.54, 1.807) is 26.1 Å². The average molecular weight is 572 g/mol. The van der Waals surface area contributed by atoms with Crippen molar-refractivity contribution in [3.63, 3.8) is 0 Å². The van der Waals surface area contributed by atoms with Crippen LogP contribution < -0.4 is 32.1 Å². The van der Waals surface area contributed by atoms with Crippen molar-refractivity contribution in [2.45, 2.75) is 57.3 Å². The zero-order valence-corrected chi connectivity index (χ0v) is 23.4. The van der Waals surface area contributed by atoms with E-state index in [0.717, 1.165) is 24.0 Å². The molecule has 1 aromatic heterocycles. The van der Waals surface area contributed by atoms with Gasteiger partial charge in [0.25, 0.3) is 5.56 Å². The molecule has 4 amide bonds. The van der Waals surface area contributed by atoms with Crippen LogP contribution in [0.25, 0.3) is 11.4 Å². The number of anilines is 2. The second kappa shape index (κ2) is 12.4. The molecule has 5 rings (SSSR count). The predicted octanol–water partition coefficient (Wildman–Crippen LogP) is 1.48. The van der Waals surface area contributed by atoms with Gasteiger partial charge in [0.15, 0.2) is 0 Å². The van der Waals surface area contributed by atoms with E-state index in [0.29, 0.717) is 23.5 Å². The number of aromatic nitrogens is 2. The Labute approximate surface area is 242 Å². The molecule has 3 unspecified atom stereocenters. The molecule has 3 aromatic rings. The molecule has 2 aliphatic rings. The number of nitrogens with one attached hydrogen (secondary N) is 5. The van der Waals surface area contributed by atoms with Gasteiger partial charge in [-0.1, -0.05) is 42.5 Å². The van der Waals surface area contributed by atoms with Crippen molar-refractivity contribution in [2.75, 3.05) is 17.7 Å². The number of rotatable bonds is 9. The minimum absolute atomic E-state index is 0.0272. The number of carbonyl (C=O) groups excluding carboxylic acids is 4. The van der Waals surface area contributed by atoms with Crippen LogP contribution in [0.5, 0.6) is 0 Å². The third kappa shape index (κ3) is 6.08. The molecule has 42 heavy (non-hydrogen) atoms. The fraction of sp³-hybridized carbons (Fsp3) is 0.333. The Morgan fingerprint density at radius 1 is 1.05 bits per heavy atom. The van der Waals surface area contributed by atoms with Crippen LogP contribution in [0.2, 0.25) is 0 Å². The number of fused-ring (bicyclic) bond motifs is 1. The molecule has 2 heterocycles. The highest BCUT2D eigenvalue weighted by molar-refractivity contribution is 6.04. The fourth-order valence-electron chi connectivity index (χ4n) is 5.15.